The van der Waals surface area contributed by atoms with Crippen molar-refractivity contribution in [3.05, 3.63) is 71.4 Å². The van der Waals surface area contributed by atoms with E-state index in [4.69, 9.17) is 25.3 Å². The Morgan fingerprint density at radius 3 is 2.74 bits per heavy atom. The molecule has 0 aliphatic carbocycles. The summed E-state index contributed by atoms with van der Waals surface area (Å²) < 4.78 is 15.6. The van der Waals surface area contributed by atoms with Gasteiger partial charge in [0, 0.05) is 22.7 Å². The molecule has 134 valence electrons. The van der Waals surface area contributed by atoms with E-state index in [-0.39, 0.29) is 12.5 Å². The first-order valence-electron chi connectivity index (χ1n) is 7.96. The molecule has 4 rings (SSSR count). The fourth-order valence-corrected chi connectivity index (χ4v) is 2.44. The van der Waals surface area contributed by atoms with Crippen LogP contribution >= 0.6 is 11.6 Å². The Balaban J connectivity index is 1.35. The van der Waals surface area contributed by atoms with Crippen LogP contribution in [0.4, 0.5) is 0 Å². The first-order chi connectivity index (χ1) is 13.2. The highest BCUT2D eigenvalue weighted by Gasteiger charge is 2.10. The SMILES string of the molecule is O=C(/C=C/c1nc2ccccc2o1)OCc1nc(-c2ccc(Cl)cc2)no1. The molecule has 2 aromatic carbocycles. The minimum atomic E-state index is -0.580. The number of hydrogen-bond acceptors (Lipinski definition) is 7. The van der Waals surface area contributed by atoms with Crippen molar-refractivity contribution in [3.8, 4) is 11.4 Å². The molecule has 27 heavy (non-hydrogen) atoms. The third-order valence-electron chi connectivity index (χ3n) is 3.58. The third kappa shape index (κ3) is 4.04. The average Bonchev–Trinajstić information content (AvgIpc) is 3.32. The van der Waals surface area contributed by atoms with Gasteiger partial charge in [-0.05, 0) is 36.4 Å². The number of carbonyl (C=O) groups is 1. The van der Waals surface area contributed by atoms with Crippen molar-refractivity contribution >= 4 is 34.7 Å². The number of rotatable bonds is 5. The molecule has 2 aromatic heterocycles. The lowest BCUT2D eigenvalue weighted by atomic mass is 10.2. The Morgan fingerprint density at radius 2 is 1.93 bits per heavy atom. The number of carbonyl (C=O) groups excluding carboxylic acids is 1. The number of nitrogens with zero attached hydrogens (tertiary/aromatic N) is 3. The lowest BCUT2D eigenvalue weighted by Gasteiger charge is -1.96. The van der Waals surface area contributed by atoms with Gasteiger partial charge in [-0.1, -0.05) is 28.9 Å². The van der Waals surface area contributed by atoms with Gasteiger partial charge in [-0.15, -0.1) is 0 Å². The summed E-state index contributed by atoms with van der Waals surface area (Å²) in [5, 5.41) is 4.46. The monoisotopic (exact) mass is 381 g/mol. The summed E-state index contributed by atoms with van der Waals surface area (Å²) in [6.07, 6.45) is 2.66. The molecule has 0 N–H and O–H groups in total. The Labute approximate surface area is 158 Å². The van der Waals surface area contributed by atoms with E-state index >= 15 is 0 Å². The van der Waals surface area contributed by atoms with Crippen LogP contribution < -0.4 is 0 Å². The molecule has 0 amide bonds. The summed E-state index contributed by atoms with van der Waals surface area (Å²) in [4.78, 5) is 20.2. The highest BCUT2D eigenvalue weighted by molar-refractivity contribution is 6.30. The van der Waals surface area contributed by atoms with Gasteiger partial charge in [-0.3, -0.25) is 0 Å². The van der Waals surface area contributed by atoms with Gasteiger partial charge in [-0.25, -0.2) is 9.78 Å². The average molecular weight is 382 g/mol. The van der Waals surface area contributed by atoms with Crippen LogP contribution in [-0.2, 0) is 16.1 Å². The molecule has 8 heteroatoms. The van der Waals surface area contributed by atoms with Crippen molar-refractivity contribution in [3.63, 3.8) is 0 Å². The zero-order valence-electron chi connectivity index (χ0n) is 13.8. The number of fused-ring (bicyclic) bond motifs is 1. The van der Waals surface area contributed by atoms with Gasteiger partial charge in [-0.2, -0.15) is 4.98 Å². The maximum atomic E-state index is 11.8. The summed E-state index contributed by atoms with van der Waals surface area (Å²) >= 11 is 5.85. The number of oxazole rings is 1. The van der Waals surface area contributed by atoms with Crippen molar-refractivity contribution in [2.45, 2.75) is 6.61 Å². The first-order valence-corrected chi connectivity index (χ1v) is 8.34. The normalized spacial score (nSPS) is 11.3. The van der Waals surface area contributed by atoms with E-state index in [0.29, 0.717) is 27.8 Å². The highest BCUT2D eigenvalue weighted by Crippen LogP contribution is 2.19. The molecule has 0 saturated carbocycles. The van der Waals surface area contributed by atoms with E-state index in [2.05, 4.69) is 15.1 Å². The van der Waals surface area contributed by atoms with Crippen LogP contribution in [0.15, 0.2) is 63.5 Å². The topological polar surface area (TPSA) is 91.2 Å². The lowest BCUT2D eigenvalue weighted by Crippen LogP contribution is -2.01. The fourth-order valence-electron chi connectivity index (χ4n) is 2.31. The van der Waals surface area contributed by atoms with Crippen molar-refractivity contribution in [2.24, 2.45) is 0 Å². The minimum Gasteiger partial charge on any atom is -0.452 e. The van der Waals surface area contributed by atoms with E-state index in [1.807, 2.05) is 18.2 Å². The number of halogens is 1. The molecule has 0 saturated heterocycles. The van der Waals surface area contributed by atoms with Gasteiger partial charge in [0.25, 0.3) is 5.89 Å². The van der Waals surface area contributed by atoms with Gasteiger partial charge in [0.05, 0.1) is 0 Å². The minimum absolute atomic E-state index is 0.142. The molecule has 0 bridgehead atoms. The maximum absolute atomic E-state index is 11.8. The summed E-state index contributed by atoms with van der Waals surface area (Å²) in [6, 6.07) is 14.3. The van der Waals surface area contributed by atoms with E-state index in [0.717, 1.165) is 5.56 Å². The number of hydrogen-bond donors (Lipinski definition) is 0. The van der Waals surface area contributed by atoms with Crippen molar-refractivity contribution in [2.75, 3.05) is 0 Å². The number of aromatic nitrogens is 3. The Bertz CT molecular complexity index is 1080. The van der Waals surface area contributed by atoms with Crippen LogP contribution in [0.1, 0.15) is 11.8 Å². The van der Waals surface area contributed by atoms with Crippen molar-refractivity contribution in [1.82, 2.24) is 15.1 Å². The van der Waals surface area contributed by atoms with Crippen LogP contribution in [0.3, 0.4) is 0 Å². The van der Waals surface area contributed by atoms with Crippen LogP contribution in [0.5, 0.6) is 0 Å². The predicted molar refractivity (Wildman–Crippen MR) is 97.6 cm³/mol. The van der Waals surface area contributed by atoms with Gasteiger partial charge < -0.3 is 13.7 Å². The van der Waals surface area contributed by atoms with Crippen LogP contribution in [0.2, 0.25) is 5.02 Å². The molecular formula is C19H12ClN3O4. The molecule has 2 heterocycles. The summed E-state index contributed by atoms with van der Waals surface area (Å²) in [6.45, 7) is -0.142. The van der Waals surface area contributed by atoms with Gasteiger partial charge in [0.2, 0.25) is 11.7 Å². The first kappa shape index (κ1) is 17.0. The number of ether oxygens (including phenoxy) is 1. The van der Waals surface area contributed by atoms with Crippen molar-refractivity contribution in [1.29, 1.82) is 0 Å². The molecule has 0 aliphatic rings. The Kier molecular flexibility index (Phi) is 4.67. The summed E-state index contributed by atoms with van der Waals surface area (Å²) in [5.74, 6) is 0.308. The van der Waals surface area contributed by atoms with Crippen LogP contribution in [0.25, 0.3) is 28.6 Å². The van der Waals surface area contributed by atoms with E-state index in [1.54, 1.807) is 30.3 Å². The number of esters is 1. The number of para-hydroxylation sites is 2. The largest absolute Gasteiger partial charge is 0.452 e. The zero-order valence-corrected chi connectivity index (χ0v) is 14.6. The van der Waals surface area contributed by atoms with Gasteiger partial charge in [0.1, 0.15) is 5.52 Å². The van der Waals surface area contributed by atoms with Crippen molar-refractivity contribution < 1.29 is 18.5 Å². The molecule has 0 radical (unpaired) electrons. The summed E-state index contributed by atoms with van der Waals surface area (Å²) in [7, 11) is 0. The van der Waals surface area contributed by atoms with Crippen LogP contribution in [0, 0.1) is 0 Å². The maximum Gasteiger partial charge on any atom is 0.331 e. The lowest BCUT2D eigenvalue weighted by molar-refractivity contribution is -0.139. The standard InChI is InChI=1S/C19H12ClN3O4/c20-13-7-5-12(6-8-13)19-22-17(27-23-19)11-25-18(24)10-9-16-21-14-3-1-2-4-15(14)26-16/h1-10H,11H2/b10-9+. The van der Waals surface area contributed by atoms with Gasteiger partial charge in [0.15, 0.2) is 12.2 Å². The zero-order chi connectivity index (χ0) is 18.6. The molecule has 0 aliphatic heterocycles. The smallest absolute Gasteiger partial charge is 0.331 e. The van der Waals surface area contributed by atoms with Gasteiger partial charge >= 0.3 is 5.97 Å². The van der Waals surface area contributed by atoms with E-state index in [1.165, 1.54) is 12.2 Å². The molecule has 7 nitrogen and oxygen atoms in total. The third-order valence-corrected chi connectivity index (χ3v) is 3.83. The predicted octanol–water partition coefficient (Wildman–Crippen LogP) is 4.29. The number of benzene rings is 2. The molecule has 0 fully saturated rings. The molecule has 0 atom stereocenters. The second-order valence-electron chi connectivity index (χ2n) is 5.48. The molecule has 0 unspecified atom stereocenters. The highest BCUT2D eigenvalue weighted by atomic mass is 35.5. The van der Waals surface area contributed by atoms with E-state index < -0.39 is 5.97 Å². The Hall–Kier alpha value is -3.45. The Morgan fingerprint density at radius 1 is 1.11 bits per heavy atom. The molecule has 4 aromatic rings. The second kappa shape index (κ2) is 7.43. The molecule has 0 spiro atoms. The molecular weight excluding hydrogens is 370 g/mol. The summed E-state index contributed by atoms with van der Waals surface area (Å²) in [5.41, 5.74) is 2.11. The van der Waals surface area contributed by atoms with E-state index in [9.17, 15) is 4.79 Å². The quantitative estimate of drug-likeness (QED) is 0.376. The second-order valence-corrected chi connectivity index (χ2v) is 5.92. The van der Waals surface area contributed by atoms with Crippen LogP contribution in [-0.4, -0.2) is 21.1 Å². The fraction of sp³-hybridized carbons (Fsp3) is 0.0526.